The molecule has 2 nitrogen and oxygen atoms in total. The molecule has 0 bridgehead atoms. The lowest BCUT2D eigenvalue weighted by Gasteiger charge is -2.24. The van der Waals surface area contributed by atoms with Crippen LogP contribution in [0.2, 0.25) is 0 Å². The fourth-order valence-electron chi connectivity index (χ4n) is 1.14. The molecule has 2 rings (SSSR count). The van der Waals surface area contributed by atoms with Gasteiger partial charge in [0.2, 0.25) is 0 Å². The zero-order valence-corrected chi connectivity index (χ0v) is 7.25. The monoisotopic (exact) mass is 184 g/mol. The molecule has 0 aliphatic carbocycles. The third-order valence-corrected chi connectivity index (χ3v) is 2.08. The van der Waals surface area contributed by atoms with Crippen LogP contribution in [0.1, 0.15) is 0 Å². The van der Waals surface area contributed by atoms with Gasteiger partial charge in [-0.05, 0) is 12.1 Å². The molecule has 1 heterocycles. The van der Waals surface area contributed by atoms with E-state index in [9.17, 15) is 0 Å². The molecule has 3 heteroatoms. The summed E-state index contributed by atoms with van der Waals surface area (Å²) in [4.78, 5) is 0. The number of alkyl halides is 1. The Balaban J connectivity index is 2.23. The van der Waals surface area contributed by atoms with Crippen LogP contribution in [-0.2, 0) is 0 Å². The van der Waals surface area contributed by atoms with Gasteiger partial charge in [-0.2, -0.15) is 0 Å². The summed E-state index contributed by atoms with van der Waals surface area (Å²) in [5, 5.41) is 0. The average molecular weight is 185 g/mol. The largest absolute Gasteiger partial charge is 0.486 e. The molecule has 0 amide bonds. The zero-order valence-electron chi connectivity index (χ0n) is 6.50. The lowest BCUT2D eigenvalue weighted by atomic mass is 10.3. The van der Waals surface area contributed by atoms with Crippen LogP contribution in [-0.4, -0.2) is 18.6 Å². The lowest BCUT2D eigenvalue weighted by Crippen LogP contribution is -2.30. The Labute approximate surface area is 76.1 Å². The van der Waals surface area contributed by atoms with Crippen LogP contribution >= 0.6 is 11.6 Å². The Kier molecular flexibility index (Phi) is 2.09. The summed E-state index contributed by atoms with van der Waals surface area (Å²) in [6.45, 7) is 0.542. The molecule has 0 spiro atoms. The normalized spacial score (nSPS) is 20.6. The van der Waals surface area contributed by atoms with E-state index < -0.39 is 0 Å². The Morgan fingerprint density at radius 1 is 1.33 bits per heavy atom. The summed E-state index contributed by atoms with van der Waals surface area (Å²) in [5.41, 5.74) is 0. The molecule has 0 aromatic heterocycles. The third-order valence-electron chi connectivity index (χ3n) is 1.74. The van der Waals surface area contributed by atoms with Gasteiger partial charge in [0.1, 0.15) is 12.7 Å². The maximum absolute atomic E-state index is 5.64. The highest BCUT2D eigenvalue weighted by Gasteiger charge is 2.18. The van der Waals surface area contributed by atoms with Crippen molar-refractivity contribution in [2.75, 3.05) is 12.5 Å². The second-order valence-corrected chi connectivity index (χ2v) is 2.96. The van der Waals surface area contributed by atoms with Gasteiger partial charge >= 0.3 is 0 Å². The number of ether oxygens (including phenoxy) is 2. The van der Waals surface area contributed by atoms with Crippen molar-refractivity contribution in [2.45, 2.75) is 6.10 Å². The van der Waals surface area contributed by atoms with Crippen LogP contribution in [0.25, 0.3) is 0 Å². The number of benzene rings is 1. The number of hydrogen-bond donors (Lipinski definition) is 0. The maximum atomic E-state index is 5.64. The maximum Gasteiger partial charge on any atom is 0.161 e. The molecule has 1 aromatic rings. The molecule has 0 saturated carbocycles. The molecule has 1 aliphatic rings. The summed E-state index contributed by atoms with van der Waals surface area (Å²) in [6.07, 6.45) is -0.0124. The minimum atomic E-state index is -0.0124. The van der Waals surface area contributed by atoms with Crippen LogP contribution in [0.15, 0.2) is 24.3 Å². The van der Waals surface area contributed by atoms with Crippen LogP contribution in [0, 0.1) is 0 Å². The van der Waals surface area contributed by atoms with Crippen molar-refractivity contribution >= 4 is 11.6 Å². The van der Waals surface area contributed by atoms with Crippen LogP contribution in [0.5, 0.6) is 11.5 Å². The second-order valence-electron chi connectivity index (χ2n) is 2.65. The number of fused-ring (bicyclic) bond motifs is 1. The highest BCUT2D eigenvalue weighted by atomic mass is 35.5. The van der Waals surface area contributed by atoms with E-state index in [0.29, 0.717) is 12.5 Å². The summed E-state index contributed by atoms with van der Waals surface area (Å²) in [5.74, 6) is 2.06. The standard InChI is InChI=1S/C9H9ClO2/c10-5-7-6-11-8-3-1-2-4-9(8)12-7/h1-4,7H,5-6H2/t7-/m1/s1. The van der Waals surface area contributed by atoms with Crippen molar-refractivity contribution in [3.63, 3.8) is 0 Å². The predicted octanol–water partition coefficient (Wildman–Crippen LogP) is 2.07. The Hall–Kier alpha value is -0.890. The number of halogens is 1. The van der Waals surface area contributed by atoms with Gasteiger partial charge in [0.15, 0.2) is 11.5 Å². The van der Waals surface area contributed by atoms with E-state index in [1.54, 1.807) is 0 Å². The smallest absolute Gasteiger partial charge is 0.161 e. The van der Waals surface area contributed by atoms with Gasteiger partial charge in [0.25, 0.3) is 0 Å². The van der Waals surface area contributed by atoms with Gasteiger partial charge in [-0.1, -0.05) is 12.1 Å². The number of hydrogen-bond acceptors (Lipinski definition) is 2. The topological polar surface area (TPSA) is 18.5 Å². The lowest BCUT2D eigenvalue weighted by molar-refractivity contribution is 0.106. The van der Waals surface area contributed by atoms with Gasteiger partial charge in [-0.3, -0.25) is 0 Å². The van der Waals surface area contributed by atoms with Crippen LogP contribution in [0.4, 0.5) is 0 Å². The van der Waals surface area contributed by atoms with Gasteiger partial charge < -0.3 is 9.47 Å². The molecule has 12 heavy (non-hydrogen) atoms. The van der Waals surface area contributed by atoms with E-state index in [-0.39, 0.29) is 6.10 Å². The average Bonchev–Trinajstić information content (AvgIpc) is 2.17. The molecule has 0 unspecified atom stereocenters. The quantitative estimate of drug-likeness (QED) is 0.622. The van der Waals surface area contributed by atoms with Gasteiger partial charge in [0.05, 0.1) is 5.88 Å². The molecule has 0 saturated heterocycles. The Morgan fingerprint density at radius 2 is 2.08 bits per heavy atom. The van der Waals surface area contributed by atoms with E-state index in [4.69, 9.17) is 21.1 Å². The van der Waals surface area contributed by atoms with E-state index in [0.717, 1.165) is 11.5 Å². The molecule has 64 valence electrons. The molecule has 1 aromatic carbocycles. The van der Waals surface area contributed by atoms with Crippen molar-refractivity contribution < 1.29 is 9.47 Å². The van der Waals surface area contributed by atoms with Crippen molar-refractivity contribution in [1.82, 2.24) is 0 Å². The van der Waals surface area contributed by atoms with E-state index >= 15 is 0 Å². The molecule has 0 fully saturated rings. The van der Waals surface area contributed by atoms with Crippen molar-refractivity contribution in [3.05, 3.63) is 24.3 Å². The summed E-state index contributed by atoms with van der Waals surface area (Å²) < 4.78 is 10.9. The SMILES string of the molecule is ClC[C@@H]1COc2ccccc2O1. The fourth-order valence-corrected chi connectivity index (χ4v) is 1.29. The van der Waals surface area contributed by atoms with Crippen LogP contribution < -0.4 is 9.47 Å². The van der Waals surface area contributed by atoms with Gasteiger partial charge in [0, 0.05) is 0 Å². The van der Waals surface area contributed by atoms with Crippen molar-refractivity contribution in [3.8, 4) is 11.5 Å². The molecule has 0 radical (unpaired) electrons. The first-order valence-electron chi connectivity index (χ1n) is 3.84. The summed E-state index contributed by atoms with van der Waals surface area (Å²) >= 11 is 5.64. The van der Waals surface area contributed by atoms with E-state index in [2.05, 4.69) is 0 Å². The first-order chi connectivity index (χ1) is 5.90. The van der Waals surface area contributed by atoms with Crippen molar-refractivity contribution in [2.24, 2.45) is 0 Å². The molecular formula is C9H9ClO2. The third kappa shape index (κ3) is 1.34. The zero-order chi connectivity index (χ0) is 8.39. The molecular weight excluding hydrogens is 176 g/mol. The Bertz CT molecular complexity index is 275. The molecule has 0 N–H and O–H groups in total. The van der Waals surface area contributed by atoms with Crippen molar-refractivity contribution in [1.29, 1.82) is 0 Å². The minimum absolute atomic E-state index is 0.0124. The van der Waals surface area contributed by atoms with E-state index in [1.165, 1.54) is 0 Å². The highest BCUT2D eigenvalue weighted by Crippen LogP contribution is 2.30. The van der Waals surface area contributed by atoms with E-state index in [1.807, 2.05) is 24.3 Å². The summed E-state index contributed by atoms with van der Waals surface area (Å²) in [7, 11) is 0. The molecule has 1 atom stereocenters. The van der Waals surface area contributed by atoms with Crippen LogP contribution in [0.3, 0.4) is 0 Å². The second kappa shape index (κ2) is 3.23. The Morgan fingerprint density at radius 3 is 2.83 bits per heavy atom. The predicted molar refractivity (Wildman–Crippen MR) is 47.1 cm³/mol. The first-order valence-corrected chi connectivity index (χ1v) is 4.38. The fraction of sp³-hybridized carbons (Fsp3) is 0.333. The number of rotatable bonds is 1. The first kappa shape index (κ1) is 7.74. The summed E-state index contributed by atoms with van der Waals surface area (Å²) in [6, 6.07) is 7.61. The van der Waals surface area contributed by atoms with Gasteiger partial charge in [-0.15, -0.1) is 11.6 Å². The minimum Gasteiger partial charge on any atom is -0.486 e. The van der Waals surface area contributed by atoms with Gasteiger partial charge in [-0.25, -0.2) is 0 Å². The highest BCUT2D eigenvalue weighted by molar-refractivity contribution is 6.18. The number of para-hydroxylation sites is 2. The molecule has 1 aliphatic heterocycles.